The van der Waals surface area contributed by atoms with Gasteiger partial charge in [-0.2, -0.15) is 0 Å². The van der Waals surface area contributed by atoms with Gasteiger partial charge in [-0.05, 0) is 74.3 Å². The Morgan fingerprint density at radius 1 is 1.08 bits per heavy atom. The normalized spacial score (nSPS) is 15.7. The number of likely N-dealkylation sites (tertiary alicyclic amines) is 1. The van der Waals surface area contributed by atoms with Gasteiger partial charge in [-0.15, -0.1) is 0 Å². The van der Waals surface area contributed by atoms with Crippen molar-refractivity contribution in [2.24, 2.45) is 5.92 Å². The number of phenols is 1. The summed E-state index contributed by atoms with van der Waals surface area (Å²) in [4.78, 5) is 15.0. The maximum Gasteiger partial charge on any atom is 0.166 e. The topological polar surface area (TPSA) is 49.8 Å². The third-order valence-electron chi connectivity index (χ3n) is 4.91. The van der Waals surface area contributed by atoms with Gasteiger partial charge in [0, 0.05) is 18.0 Å². The van der Waals surface area contributed by atoms with Crippen molar-refractivity contribution in [3.8, 4) is 11.5 Å². The van der Waals surface area contributed by atoms with Crippen molar-refractivity contribution in [2.45, 2.75) is 32.7 Å². The molecule has 0 amide bonds. The number of ether oxygens (including phenoxy) is 1. The van der Waals surface area contributed by atoms with Crippen LogP contribution in [0.25, 0.3) is 0 Å². The van der Waals surface area contributed by atoms with E-state index in [4.69, 9.17) is 4.74 Å². The van der Waals surface area contributed by atoms with Gasteiger partial charge < -0.3 is 9.84 Å². The van der Waals surface area contributed by atoms with E-state index in [1.807, 2.05) is 12.1 Å². The van der Waals surface area contributed by atoms with Crippen LogP contribution in [0.15, 0.2) is 48.5 Å². The van der Waals surface area contributed by atoms with E-state index >= 15 is 0 Å². The van der Waals surface area contributed by atoms with Gasteiger partial charge in [0.2, 0.25) is 0 Å². The van der Waals surface area contributed by atoms with Crippen LogP contribution in [0.2, 0.25) is 0 Å². The molecule has 0 atom stereocenters. The van der Waals surface area contributed by atoms with Crippen molar-refractivity contribution < 1.29 is 14.6 Å². The number of phenolic OH excluding ortho intramolecular Hbond substituents is 1. The minimum atomic E-state index is 0.0839. The lowest BCUT2D eigenvalue weighted by molar-refractivity contribution is 0.0835. The molecule has 0 aromatic heterocycles. The Balaban J connectivity index is 1.49. The van der Waals surface area contributed by atoms with E-state index < -0.39 is 0 Å². The molecule has 2 aromatic carbocycles. The van der Waals surface area contributed by atoms with E-state index in [-0.39, 0.29) is 17.5 Å². The van der Waals surface area contributed by atoms with Crippen LogP contribution in [0.1, 0.15) is 42.1 Å². The minimum Gasteiger partial charge on any atom is -0.508 e. The number of ketones is 1. The van der Waals surface area contributed by atoms with Crippen molar-refractivity contribution >= 4 is 5.78 Å². The van der Waals surface area contributed by atoms with Crippen LogP contribution in [0, 0.1) is 5.92 Å². The highest BCUT2D eigenvalue weighted by Gasteiger charge is 2.25. The second-order valence-corrected chi connectivity index (χ2v) is 6.95. The van der Waals surface area contributed by atoms with E-state index in [0.29, 0.717) is 5.56 Å². The lowest BCUT2D eigenvalue weighted by Gasteiger charge is -2.31. The van der Waals surface area contributed by atoms with Gasteiger partial charge in [-0.25, -0.2) is 0 Å². The average Bonchev–Trinajstić information content (AvgIpc) is 2.68. The van der Waals surface area contributed by atoms with Crippen LogP contribution >= 0.6 is 0 Å². The van der Waals surface area contributed by atoms with Gasteiger partial charge in [-0.3, -0.25) is 9.69 Å². The molecule has 1 heterocycles. The smallest absolute Gasteiger partial charge is 0.166 e. The van der Waals surface area contributed by atoms with Gasteiger partial charge in [0.15, 0.2) is 5.78 Å². The Morgan fingerprint density at radius 2 is 1.73 bits per heavy atom. The Hall–Kier alpha value is -2.33. The zero-order valence-corrected chi connectivity index (χ0v) is 15.4. The minimum absolute atomic E-state index is 0.0839. The monoisotopic (exact) mass is 353 g/mol. The fourth-order valence-electron chi connectivity index (χ4n) is 3.38. The number of piperidine rings is 1. The molecule has 0 bridgehead atoms. The second-order valence-electron chi connectivity index (χ2n) is 6.95. The molecule has 1 aliphatic heterocycles. The number of hydrogen-bond donors (Lipinski definition) is 1. The summed E-state index contributed by atoms with van der Waals surface area (Å²) in [5.74, 6) is 1.40. The van der Waals surface area contributed by atoms with Crippen molar-refractivity contribution in [1.29, 1.82) is 0 Å². The van der Waals surface area contributed by atoms with Crippen LogP contribution in [0.3, 0.4) is 0 Å². The summed E-state index contributed by atoms with van der Waals surface area (Å²) in [5, 5.41) is 9.36. The Morgan fingerprint density at radius 3 is 2.35 bits per heavy atom. The molecule has 0 radical (unpaired) electrons. The van der Waals surface area contributed by atoms with Crippen LogP contribution in [-0.4, -0.2) is 35.5 Å². The number of carbonyl (C=O) groups excluding carboxylic acids is 1. The van der Waals surface area contributed by atoms with E-state index in [1.54, 1.807) is 24.3 Å². The molecule has 4 heteroatoms. The van der Waals surface area contributed by atoms with Crippen LogP contribution in [-0.2, 0) is 6.54 Å². The molecule has 138 valence electrons. The fourth-order valence-corrected chi connectivity index (χ4v) is 3.38. The van der Waals surface area contributed by atoms with Crippen LogP contribution in [0.4, 0.5) is 0 Å². The van der Waals surface area contributed by atoms with Crippen LogP contribution in [0.5, 0.6) is 11.5 Å². The van der Waals surface area contributed by atoms with Crippen LogP contribution < -0.4 is 4.74 Å². The molecule has 4 nitrogen and oxygen atoms in total. The van der Waals surface area contributed by atoms with E-state index in [2.05, 4.69) is 24.0 Å². The SMILES string of the molecule is CCCOc1ccc(CN2CCC(C(=O)c3ccc(O)cc3)CC2)cc1. The lowest BCUT2D eigenvalue weighted by atomic mass is 9.88. The first-order chi connectivity index (χ1) is 12.7. The molecular formula is C22H27NO3. The molecule has 1 N–H and O–H groups in total. The number of benzene rings is 2. The van der Waals surface area contributed by atoms with E-state index in [0.717, 1.165) is 51.3 Å². The molecule has 0 spiro atoms. The summed E-state index contributed by atoms with van der Waals surface area (Å²) >= 11 is 0. The summed E-state index contributed by atoms with van der Waals surface area (Å²) in [6.45, 7) is 5.63. The highest BCUT2D eigenvalue weighted by molar-refractivity contribution is 5.98. The highest BCUT2D eigenvalue weighted by atomic mass is 16.5. The molecule has 1 saturated heterocycles. The van der Waals surface area contributed by atoms with Gasteiger partial charge in [0.1, 0.15) is 11.5 Å². The van der Waals surface area contributed by atoms with E-state index in [1.165, 1.54) is 5.56 Å². The zero-order chi connectivity index (χ0) is 18.4. The highest BCUT2D eigenvalue weighted by Crippen LogP contribution is 2.24. The van der Waals surface area contributed by atoms with Gasteiger partial charge >= 0.3 is 0 Å². The lowest BCUT2D eigenvalue weighted by Crippen LogP contribution is -2.35. The average molecular weight is 353 g/mol. The summed E-state index contributed by atoms with van der Waals surface area (Å²) in [6, 6.07) is 14.9. The van der Waals surface area contributed by atoms with Gasteiger partial charge in [0.05, 0.1) is 6.61 Å². The Labute approximate surface area is 155 Å². The molecule has 2 aromatic rings. The third-order valence-corrected chi connectivity index (χ3v) is 4.91. The summed E-state index contributed by atoms with van der Waals surface area (Å²) in [6.07, 6.45) is 2.79. The quantitative estimate of drug-likeness (QED) is 0.755. The van der Waals surface area contributed by atoms with Gasteiger partial charge in [0.25, 0.3) is 0 Å². The fraction of sp³-hybridized carbons (Fsp3) is 0.409. The molecule has 3 rings (SSSR count). The predicted molar refractivity (Wildman–Crippen MR) is 103 cm³/mol. The first-order valence-electron chi connectivity index (χ1n) is 9.43. The number of hydrogen-bond acceptors (Lipinski definition) is 4. The van der Waals surface area contributed by atoms with Crippen molar-refractivity contribution in [3.63, 3.8) is 0 Å². The van der Waals surface area contributed by atoms with Crippen molar-refractivity contribution in [1.82, 2.24) is 4.90 Å². The molecule has 26 heavy (non-hydrogen) atoms. The first kappa shape index (κ1) is 18.5. The maximum atomic E-state index is 12.6. The summed E-state index contributed by atoms with van der Waals surface area (Å²) in [5.41, 5.74) is 1.97. The first-order valence-corrected chi connectivity index (χ1v) is 9.43. The Bertz CT molecular complexity index is 701. The molecule has 0 aliphatic carbocycles. The predicted octanol–water partition coefficient (Wildman–Crippen LogP) is 4.28. The zero-order valence-electron chi connectivity index (χ0n) is 15.4. The number of nitrogens with zero attached hydrogens (tertiary/aromatic N) is 1. The largest absolute Gasteiger partial charge is 0.508 e. The van der Waals surface area contributed by atoms with Crippen molar-refractivity contribution in [3.05, 3.63) is 59.7 Å². The van der Waals surface area contributed by atoms with Gasteiger partial charge in [-0.1, -0.05) is 19.1 Å². The van der Waals surface area contributed by atoms with E-state index in [9.17, 15) is 9.90 Å². The maximum absolute atomic E-state index is 12.6. The summed E-state index contributed by atoms with van der Waals surface area (Å²) in [7, 11) is 0. The number of Topliss-reactive ketones (excluding diaryl/α,β-unsaturated/α-hetero) is 1. The van der Waals surface area contributed by atoms with Crippen molar-refractivity contribution in [2.75, 3.05) is 19.7 Å². The molecule has 0 unspecified atom stereocenters. The number of rotatable bonds is 7. The molecule has 0 saturated carbocycles. The summed E-state index contributed by atoms with van der Waals surface area (Å²) < 4.78 is 5.62. The molecule has 1 aliphatic rings. The second kappa shape index (κ2) is 8.86. The number of aromatic hydroxyl groups is 1. The molecule has 1 fully saturated rings. The number of carbonyl (C=O) groups is 1. The third kappa shape index (κ3) is 4.85. The molecular weight excluding hydrogens is 326 g/mol. The Kier molecular flexibility index (Phi) is 6.29. The standard InChI is InChI=1S/C22H27NO3/c1-2-15-26-21-9-3-17(4-10-21)16-23-13-11-19(12-14-23)22(25)18-5-7-20(24)8-6-18/h3-10,19,24H,2,11-16H2,1H3.